The van der Waals surface area contributed by atoms with Crippen molar-refractivity contribution < 1.29 is 36.2 Å². The van der Waals surface area contributed by atoms with Gasteiger partial charge in [-0.2, -0.15) is 13.2 Å². The molecule has 7 nitrogen and oxygen atoms in total. The molecule has 1 aromatic heterocycles. The Hall–Kier alpha value is -3.70. The van der Waals surface area contributed by atoms with Crippen LogP contribution in [0.2, 0.25) is 0 Å². The minimum atomic E-state index is -5.12. The van der Waals surface area contributed by atoms with E-state index >= 15 is 0 Å². The molecule has 158 valence electrons. The topological polar surface area (TPSA) is 78.3 Å². The molecule has 0 saturated carbocycles. The summed E-state index contributed by atoms with van der Waals surface area (Å²) in [6.45, 7) is 0. The zero-order valence-corrected chi connectivity index (χ0v) is 15.4. The smallest absolute Gasteiger partial charge is 0.435 e. The van der Waals surface area contributed by atoms with Crippen LogP contribution in [-0.4, -0.2) is 35.1 Å². The quantitative estimate of drug-likeness (QED) is 0.625. The Morgan fingerprint density at radius 2 is 1.67 bits per heavy atom. The van der Waals surface area contributed by atoms with Crippen LogP contribution >= 0.6 is 0 Å². The van der Waals surface area contributed by atoms with Crippen LogP contribution in [0.4, 0.5) is 27.6 Å². The first-order valence-corrected chi connectivity index (χ1v) is 8.18. The number of benzene rings is 2. The fraction of sp³-hybridized carbons (Fsp3) is 0.167. The van der Waals surface area contributed by atoms with Crippen molar-refractivity contribution in [3.05, 3.63) is 59.4 Å². The van der Waals surface area contributed by atoms with Crippen LogP contribution < -0.4 is 14.8 Å². The molecule has 0 aliphatic heterocycles. The molecule has 3 rings (SSSR count). The van der Waals surface area contributed by atoms with Gasteiger partial charge in [0.15, 0.2) is 28.7 Å². The van der Waals surface area contributed by atoms with Gasteiger partial charge in [-0.3, -0.25) is 4.79 Å². The fourth-order valence-electron chi connectivity index (χ4n) is 2.61. The molecule has 2 aromatic carbocycles. The fourth-order valence-corrected chi connectivity index (χ4v) is 2.61. The summed E-state index contributed by atoms with van der Waals surface area (Å²) >= 11 is 0. The Balaban J connectivity index is 2.05. The number of aromatic nitrogens is 3. The number of carbonyl (C=O) groups is 1. The first kappa shape index (κ1) is 21.0. The summed E-state index contributed by atoms with van der Waals surface area (Å²) in [5, 5.41) is 8.49. The van der Waals surface area contributed by atoms with E-state index in [4.69, 9.17) is 9.47 Å². The van der Waals surface area contributed by atoms with E-state index < -0.39 is 46.5 Å². The Labute approximate surface area is 166 Å². The van der Waals surface area contributed by atoms with Gasteiger partial charge >= 0.3 is 6.18 Å². The molecule has 0 atom stereocenters. The molecule has 3 aromatic rings. The average Bonchev–Trinajstić information content (AvgIpc) is 3.15. The van der Waals surface area contributed by atoms with Crippen LogP contribution in [0.3, 0.4) is 0 Å². The number of ether oxygens (including phenoxy) is 2. The molecule has 30 heavy (non-hydrogen) atoms. The van der Waals surface area contributed by atoms with Crippen LogP contribution in [0.15, 0.2) is 36.4 Å². The van der Waals surface area contributed by atoms with E-state index in [0.717, 1.165) is 24.3 Å². The number of methoxy groups -OCH3 is 2. The van der Waals surface area contributed by atoms with Gasteiger partial charge in [-0.1, -0.05) is 17.3 Å². The molecule has 0 aliphatic carbocycles. The van der Waals surface area contributed by atoms with Crippen molar-refractivity contribution in [1.82, 2.24) is 15.0 Å². The summed E-state index contributed by atoms with van der Waals surface area (Å²) < 4.78 is 79.2. The lowest BCUT2D eigenvalue weighted by molar-refractivity contribution is -0.143. The van der Waals surface area contributed by atoms with Gasteiger partial charge < -0.3 is 14.8 Å². The van der Waals surface area contributed by atoms with E-state index in [-0.39, 0.29) is 16.2 Å². The molecule has 1 heterocycles. The first-order chi connectivity index (χ1) is 14.2. The van der Waals surface area contributed by atoms with Crippen molar-refractivity contribution in [3.8, 4) is 17.2 Å². The largest absolute Gasteiger partial charge is 0.493 e. The normalized spacial score (nSPS) is 11.3. The molecule has 1 N–H and O–H groups in total. The number of nitrogens with zero attached hydrogens (tertiary/aromatic N) is 3. The number of hydrogen-bond acceptors (Lipinski definition) is 5. The first-order valence-electron chi connectivity index (χ1n) is 8.18. The number of carbonyl (C=O) groups excluding carboxylic acids is 1. The van der Waals surface area contributed by atoms with Crippen molar-refractivity contribution in [1.29, 1.82) is 0 Å². The van der Waals surface area contributed by atoms with Gasteiger partial charge in [0.25, 0.3) is 5.91 Å². The summed E-state index contributed by atoms with van der Waals surface area (Å²) in [5.41, 5.74) is -3.83. The minimum Gasteiger partial charge on any atom is -0.493 e. The summed E-state index contributed by atoms with van der Waals surface area (Å²) in [5.74, 6) is -3.37. The van der Waals surface area contributed by atoms with Crippen LogP contribution in [0.1, 0.15) is 16.2 Å². The maximum absolute atomic E-state index is 14.2. The third-order valence-corrected chi connectivity index (χ3v) is 3.96. The molecule has 12 heteroatoms. The molecule has 0 bridgehead atoms. The molecule has 1 amide bonds. The van der Waals surface area contributed by atoms with E-state index in [0.29, 0.717) is 0 Å². The Morgan fingerprint density at radius 1 is 1.03 bits per heavy atom. The number of alkyl halides is 3. The van der Waals surface area contributed by atoms with Crippen molar-refractivity contribution in [2.45, 2.75) is 6.18 Å². The second kappa shape index (κ2) is 7.97. The van der Waals surface area contributed by atoms with Crippen LogP contribution in [0.5, 0.6) is 11.5 Å². The standard InChI is InChI=1S/C18H13F5N4O3/c1-29-13-7-10(20)11(8-14(13)30-2)24-17(28)15-16(18(21,22)23)27(26-25-15)12-6-4-3-5-9(12)19/h3-8H,1-2H3,(H,24,28). The van der Waals surface area contributed by atoms with Crippen molar-refractivity contribution >= 4 is 11.6 Å². The van der Waals surface area contributed by atoms with Crippen LogP contribution in [-0.2, 0) is 6.18 Å². The van der Waals surface area contributed by atoms with Gasteiger partial charge in [-0.05, 0) is 12.1 Å². The number of halogens is 5. The zero-order chi connectivity index (χ0) is 22.1. The predicted octanol–water partition coefficient (Wildman–Crippen LogP) is 3.83. The Bertz CT molecular complexity index is 1100. The summed E-state index contributed by atoms with van der Waals surface area (Å²) in [4.78, 5) is 12.5. The van der Waals surface area contributed by atoms with E-state index in [1.54, 1.807) is 0 Å². The summed E-state index contributed by atoms with van der Waals surface area (Å²) in [6, 6.07) is 6.44. The van der Waals surface area contributed by atoms with E-state index in [1.165, 1.54) is 26.4 Å². The van der Waals surface area contributed by atoms with Crippen molar-refractivity contribution in [3.63, 3.8) is 0 Å². The van der Waals surface area contributed by atoms with Crippen molar-refractivity contribution in [2.75, 3.05) is 19.5 Å². The van der Waals surface area contributed by atoms with Gasteiger partial charge in [0, 0.05) is 12.1 Å². The van der Waals surface area contributed by atoms with E-state index in [1.807, 2.05) is 5.32 Å². The molecule has 0 aliphatic rings. The summed E-state index contributed by atoms with van der Waals surface area (Å²) in [6.07, 6.45) is -5.12. The number of nitrogens with one attached hydrogen (secondary N) is 1. The third-order valence-electron chi connectivity index (χ3n) is 3.96. The average molecular weight is 428 g/mol. The van der Waals surface area contributed by atoms with E-state index in [2.05, 4.69) is 10.3 Å². The monoisotopic (exact) mass is 428 g/mol. The molecule has 0 unspecified atom stereocenters. The highest BCUT2D eigenvalue weighted by atomic mass is 19.4. The number of rotatable bonds is 5. The highest BCUT2D eigenvalue weighted by Crippen LogP contribution is 2.35. The molecule has 0 spiro atoms. The number of anilines is 1. The molecular formula is C18H13F5N4O3. The van der Waals surface area contributed by atoms with Gasteiger partial charge in [0.2, 0.25) is 0 Å². The lowest BCUT2D eigenvalue weighted by Crippen LogP contribution is -2.22. The number of amides is 1. The molecule has 0 fully saturated rings. The van der Waals surface area contributed by atoms with Gasteiger partial charge in [-0.25, -0.2) is 13.5 Å². The highest BCUT2D eigenvalue weighted by molar-refractivity contribution is 6.04. The molecular weight excluding hydrogens is 415 g/mol. The van der Waals surface area contributed by atoms with Gasteiger partial charge in [0.1, 0.15) is 11.5 Å². The van der Waals surface area contributed by atoms with Crippen LogP contribution in [0, 0.1) is 11.6 Å². The second-order valence-corrected chi connectivity index (χ2v) is 5.79. The lowest BCUT2D eigenvalue weighted by atomic mass is 10.2. The highest BCUT2D eigenvalue weighted by Gasteiger charge is 2.42. The Morgan fingerprint density at radius 3 is 2.27 bits per heavy atom. The van der Waals surface area contributed by atoms with Gasteiger partial charge in [-0.15, -0.1) is 5.10 Å². The molecule has 0 saturated heterocycles. The molecule has 0 radical (unpaired) electrons. The zero-order valence-electron chi connectivity index (χ0n) is 15.4. The predicted molar refractivity (Wildman–Crippen MR) is 93.8 cm³/mol. The van der Waals surface area contributed by atoms with E-state index in [9.17, 15) is 26.7 Å². The minimum absolute atomic E-state index is 0.00877. The third kappa shape index (κ3) is 3.88. The maximum atomic E-state index is 14.2. The number of para-hydroxylation sites is 1. The Kier molecular flexibility index (Phi) is 5.58. The van der Waals surface area contributed by atoms with Gasteiger partial charge in [0.05, 0.1) is 19.9 Å². The SMILES string of the molecule is COc1cc(F)c(NC(=O)c2nnn(-c3ccccc3F)c2C(F)(F)F)cc1OC. The second-order valence-electron chi connectivity index (χ2n) is 5.79. The van der Waals surface area contributed by atoms with Crippen LogP contribution in [0.25, 0.3) is 5.69 Å². The number of hydrogen-bond donors (Lipinski definition) is 1. The lowest BCUT2D eigenvalue weighted by Gasteiger charge is -2.13. The summed E-state index contributed by atoms with van der Waals surface area (Å²) in [7, 11) is 2.51. The maximum Gasteiger partial charge on any atom is 0.435 e. The van der Waals surface area contributed by atoms with Crippen molar-refractivity contribution in [2.24, 2.45) is 0 Å².